The first-order valence-corrected chi connectivity index (χ1v) is 5.06. The molecule has 4 heteroatoms. The number of nitrogens with zero attached hydrogens (tertiary/aromatic N) is 1. The molecule has 0 fully saturated rings. The minimum atomic E-state index is -0.0128. The van der Waals surface area contributed by atoms with E-state index in [4.69, 9.17) is 10.5 Å². The quantitative estimate of drug-likeness (QED) is 0.773. The van der Waals surface area contributed by atoms with Crippen LogP contribution in [0, 0.1) is 0 Å². The molecule has 0 bridgehead atoms. The molecule has 1 rings (SSSR count). The molecular weight excluding hydrogens is 190 g/mol. The summed E-state index contributed by atoms with van der Waals surface area (Å²) >= 11 is 0. The summed E-state index contributed by atoms with van der Waals surface area (Å²) in [7, 11) is 1.61. The molecule has 0 amide bonds. The predicted molar refractivity (Wildman–Crippen MR) is 62.2 cm³/mol. The number of nitrogens with one attached hydrogen (secondary N) is 1. The van der Waals surface area contributed by atoms with E-state index < -0.39 is 0 Å². The molecule has 1 heterocycles. The number of nitrogens with two attached hydrogens (primary N) is 1. The van der Waals surface area contributed by atoms with E-state index in [-0.39, 0.29) is 5.54 Å². The van der Waals surface area contributed by atoms with Crippen LogP contribution >= 0.6 is 0 Å². The Morgan fingerprint density at radius 3 is 2.87 bits per heavy atom. The van der Waals surface area contributed by atoms with Crippen molar-refractivity contribution in [3.8, 4) is 5.88 Å². The van der Waals surface area contributed by atoms with Crippen molar-refractivity contribution in [1.29, 1.82) is 0 Å². The monoisotopic (exact) mass is 209 g/mol. The van der Waals surface area contributed by atoms with Gasteiger partial charge >= 0.3 is 0 Å². The minimum Gasteiger partial charge on any atom is -0.481 e. The highest BCUT2D eigenvalue weighted by Crippen LogP contribution is 2.19. The van der Waals surface area contributed by atoms with E-state index >= 15 is 0 Å². The van der Waals surface area contributed by atoms with E-state index in [0.717, 1.165) is 12.1 Å². The lowest BCUT2D eigenvalue weighted by Crippen LogP contribution is -2.33. The highest BCUT2D eigenvalue weighted by molar-refractivity contribution is 5.46. The van der Waals surface area contributed by atoms with E-state index in [2.05, 4.69) is 24.1 Å². The Hall–Kier alpha value is -1.29. The van der Waals surface area contributed by atoms with E-state index in [1.165, 1.54) is 0 Å². The summed E-state index contributed by atoms with van der Waals surface area (Å²) < 4.78 is 5.05. The largest absolute Gasteiger partial charge is 0.481 e. The molecule has 0 saturated heterocycles. The summed E-state index contributed by atoms with van der Waals surface area (Å²) in [5.41, 5.74) is 6.53. The number of hydrogen-bond acceptors (Lipinski definition) is 4. The van der Waals surface area contributed by atoms with Crippen LogP contribution in [-0.2, 0) is 0 Å². The first kappa shape index (κ1) is 11.8. The first-order valence-electron chi connectivity index (χ1n) is 5.06. The Morgan fingerprint density at radius 2 is 2.27 bits per heavy atom. The Labute approximate surface area is 90.8 Å². The molecule has 1 aromatic rings. The van der Waals surface area contributed by atoms with Crippen LogP contribution < -0.4 is 15.8 Å². The highest BCUT2D eigenvalue weighted by Gasteiger charge is 2.16. The maximum Gasteiger partial charge on any atom is 0.214 e. The number of methoxy groups -OCH3 is 1. The van der Waals surface area contributed by atoms with Crippen LogP contribution in [0.15, 0.2) is 18.3 Å². The lowest BCUT2D eigenvalue weighted by Gasteiger charge is -2.27. The van der Waals surface area contributed by atoms with Gasteiger partial charge in [0.1, 0.15) is 0 Å². The Morgan fingerprint density at radius 1 is 1.53 bits per heavy atom. The van der Waals surface area contributed by atoms with Gasteiger partial charge in [0.05, 0.1) is 7.11 Å². The number of rotatable bonds is 5. The van der Waals surface area contributed by atoms with Crippen LogP contribution in [0.2, 0.25) is 0 Å². The van der Waals surface area contributed by atoms with Crippen molar-refractivity contribution in [1.82, 2.24) is 4.98 Å². The number of ether oxygens (including phenoxy) is 1. The Balaban J connectivity index is 2.71. The lowest BCUT2D eigenvalue weighted by molar-refractivity contribution is 0.398. The normalized spacial score (nSPS) is 11.2. The van der Waals surface area contributed by atoms with E-state index in [1.807, 2.05) is 12.1 Å². The van der Waals surface area contributed by atoms with Gasteiger partial charge in [0.15, 0.2) is 0 Å². The zero-order valence-corrected chi connectivity index (χ0v) is 9.58. The Kier molecular flexibility index (Phi) is 3.91. The van der Waals surface area contributed by atoms with E-state index in [9.17, 15) is 0 Å². The maximum atomic E-state index is 5.55. The van der Waals surface area contributed by atoms with Gasteiger partial charge in [0, 0.05) is 23.5 Å². The Bertz CT molecular complexity index is 312. The van der Waals surface area contributed by atoms with Gasteiger partial charge in [0.25, 0.3) is 0 Å². The van der Waals surface area contributed by atoms with Gasteiger partial charge in [-0.25, -0.2) is 4.98 Å². The van der Waals surface area contributed by atoms with Gasteiger partial charge in [-0.3, -0.25) is 0 Å². The fourth-order valence-corrected chi connectivity index (χ4v) is 1.41. The summed E-state index contributed by atoms with van der Waals surface area (Å²) in [6.45, 7) is 4.90. The number of anilines is 1. The topological polar surface area (TPSA) is 60.2 Å². The van der Waals surface area contributed by atoms with Gasteiger partial charge in [-0.2, -0.15) is 0 Å². The second kappa shape index (κ2) is 4.98. The summed E-state index contributed by atoms with van der Waals surface area (Å²) in [6, 6.07) is 3.79. The summed E-state index contributed by atoms with van der Waals surface area (Å²) in [4.78, 5) is 4.05. The van der Waals surface area contributed by atoms with Crippen molar-refractivity contribution < 1.29 is 4.74 Å². The third kappa shape index (κ3) is 3.75. The van der Waals surface area contributed by atoms with Crippen LogP contribution in [-0.4, -0.2) is 24.2 Å². The third-order valence-electron chi connectivity index (χ3n) is 2.20. The molecule has 3 N–H and O–H groups in total. The second-order valence-electron chi connectivity index (χ2n) is 4.13. The smallest absolute Gasteiger partial charge is 0.214 e. The molecule has 0 aliphatic rings. The predicted octanol–water partition coefficient (Wildman–Crippen LogP) is 1.63. The van der Waals surface area contributed by atoms with E-state index in [0.29, 0.717) is 12.4 Å². The van der Waals surface area contributed by atoms with Crippen molar-refractivity contribution in [3.05, 3.63) is 18.3 Å². The van der Waals surface area contributed by atoms with Crippen molar-refractivity contribution in [2.24, 2.45) is 5.73 Å². The zero-order valence-electron chi connectivity index (χ0n) is 9.58. The number of pyridine rings is 1. The first-order chi connectivity index (χ1) is 7.07. The fourth-order valence-electron chi connectivity index (χ4n) is 1.41. The third-order valence-corrected chi connectivity index (χ3v) is 2.20. The minimum absolute atomic E-state index is 0.0128. The molecule has 4 nitrogen and oxygen atoms in total. The van der Waals surface area contributed by atoms with Gasteiger partial charge in [-0.05, 0) is 32.9 Å². The van der Waals surface area contributed by atoms with Gasteiger partial charge in [-0.15, -0.1) is 0 Å². The molecule has 0 aliphatic heterocycles. The SMILES string of the molecule is COc1cc(NC(C)(C)CCN)ccn1. The summed E-state index contributed by atoms with van der Waals surface area (Å²) in [5, 5.41) is 3.39. The fraction of sp³-hybridized carbons (Fsp3) is 0.545. The van der Waals surface area contributed by atoms with Crippen LogP contribution in [0.3, 0.4) is 0 Å². The molecule has 0 unspecified atom stereocenters. The molecule has 0 spiro atoms. The van der Waals surface area contributed by atoms with Crippen molar-refractivity contribution in [3.63, 3.8) is 0 Å². The average molecular weight is 209 g/mol. The highest BCUT2D eigenvalue weighted by atomic mass is 16.5. The summed E-state index contributed by atoms with van der Waals surface area (Å²) in [5.74, 6) is 0.614. The van der Waals surface area contributed by atoms with Crippen LogP contribution in [0.25, 0.3) is 0 Å². The van der Waals surface area contributed by atoms with E-state index in [1.54, 1.807) is 13.3 Å². The van der Waals surface area contributed by atoms with Gasteiger partial charge in [-0.1, -0.05) is 0 Å². The number of hydrogen-bond donors (Lipinski definition) is 2. The zero-order chi connectivity index (χ0) is 11.3. The van der Waals surface area contributed by atoms with Crippen molar-refractivity contribution >= 4 is 5.69 Å². The molecule has 0 saturated carbocycles. The van der Waals surface area contributed by atoms with Gasteiger partial charge in [0.2, 0.25) is 5.88 Å². The molecule has 84 valence electrons. The van der Waals surface area contributed by atoms with Crippen LogP contribution in [0.5, 0.6) is 5.88 Å². The maximum absolute atomic E-state index is 5.55. The molecule has 0 radical (unpaired) electrons. The van der Waals surface area contributed by atoms with Crippen molar-refractivity contribution in [2.45, 2.75) is 25.8 Å². The number of aromatic nitrogens is 1. The summed E-state index contributed by atoms with van der Waals surface area (Å²) in [6.07, 6.45) is 2.64. The molecule has 1 aromatic heterocycles. The van der Waals surface area contributed by atoms with Crippen molar-refractivity contribution in [2.75, 3.05) is 19.0 Å². The average Bonchev–Trinajstić information content (AvgIpc) is 2.17. The van der Waals surface area contributed by atoms with Crippen LogP contribution in [0.1, 0.15) is 20.3 Å². The lowest BCUT2D eigenvalue weighted by atomic mass is 10.0. The molecule has 0 aromatic carbocycles. The second-order valence-corrected chi connectivity index (χ2v) is 4.13. The van der Waals surface area contributed by atoms with Gasteiger partial charge < -0.3 is 15.8 Å². The van der Waals surface area contributed by atoms with Crippen LogP contribution in [0.4, 0.5) is 5.69 Å². The molecule has 0 atom stereocenters. The molecule has 0 aliphatic carbocycles. The molecule has 15 heavy (non-hydrogen) atoms. The standard InChI is InChI=1S/C11H19N3O/c1-11(2,5-6-12)14-9-4-7-13-10(8-9)15-3/h4,7-8H,5-6,12H2,1-3H3,(H,13,14). The molecular formula is C11H19N3O.